The van der Waals surface area contributed by atoms with Crippen LogP contribution in [0, 0.1) is 61.2 Å². The topological polar surface area (TPSA) is 103 Å². The molecule has 16 rings (SSSR count). The number of methoxy groups -OCH3 is 1. The first-order valence-corrected chi connectivity index (χ1v) is 35.8. The molecule has 4 aromatic rings. The van der Waals surface area contributed by atoms with Crippen molar-refractivity contribution in [1.29, 1.82) is 0 Å². The SMILES string of the molecule is CC(=O)Nc1ccccc1N1CCN(C2CC3CCC2C3)CC1.COC(=O)Nc1ccccc1N1CCN(C2CC3CCC2C3)CC1.Cc1cccc(N2CCN(C3CC4CCC3C4)CC2)c1C.FC(F)(F)Oc1ccccc1N1CCN(C2CC3CCC2C3)CC1. The van der Waals surface area contributed by atoms with Crippen LogP contribution >= 0.6 is 0 Å². The average molecular weight is 1270 g/mol. The van der Waals surface area contributed by atoms with Gasteiger partial charge >= 0.3 is 12.5 Å². The van der Waals surface area contributed by atoms with E-state index in [1.165, 1.54) is 159 Å². The largest absolute Gasteiger partial charge is 0.573 e. The van der Waals surface area contributed by atoms with Gasteiger partial charge in [-0.2, -0.15) is 0 Å². The van der Waals surface area contributed by atoms with Crippen molar-refractivity contribution in [3.05, 3.63) is 102 Å². The predicted molar refractivity (Wildman–Crippen MR) is 364 cm³/mol. The number of alkyl halides is 3. The van der Waals surface area contributed by atoms with E-state index in [-0.39, 0.29) is 11.7 Å². The third-order valence-corrected chi connectivity index (χ3v) is 24.5. The maximum Gasteiger partial charge on any atom is 0.573 e. The van der Waals surface area contributed by atoms with Gasteiger partial charge in [0.25, 0.3) is 0 Å². The maximum absolute atomic E-state index is 12.6. The van der Waals surface area contributed by atoms with Crippen LogP contribution in [0.5, 0.6) is 5.75 Å². The second kappa shape index (κ2) is 29.1. The Balaban J connectivity index is 0.000000112. The van der Waals surface area contributed by atoms with Gasteiger partial charge in [-0.25, -0.2) is 4.79 Å². The molecule has 500 valence electrons. The van der Waals surface area contributed by atoms with Gasteiger partial charge in [-0.3, -0.25) is 29.7 Å². The van der Waals surface area contributed by atoms with E-state index in [1.807, 2.05) is 35.2 Å². The van der Waals surface area contributed by atoms with Gasteiger partial charge in [0.05, 0.1) is 35.5 Å². The lowest BCUT2D eigenvalue weighted by Gasteiger charge is -2.42. The third kappa shape index (κ3) is 15.2. The second-order valence-corrected chi connectivity index (χ2v) is 29.6. The summed E-state index contributed by atoms with van der Waals surface area (Å²) in [7, 11) is 1.39. The number of amides is 2. The standard InChI is InChI=1S/C19H27N3O2.C19H27N3O.C19H28N2.C18H23F3N2O/c1-24-19(23)20-16-4-2-3-5-17(16)21-8-10-22(11-9-21)18-13-14-6-7-15(18)12-14;1-14(23)20-17-4-2-3-5-18(17)21-8-10-22(11-9-21)19-13-15-6-7-16(19)12-15;1-14-4-3-5-18(15(14)2)20-8-10-21(11-9-20)19-13-16-6-7-17(19)12-16;19-18(20,21)24-17-4-2-1-3-15(17)22-7-9-23(10-8-22)16-12-13-5-6-14(16)11-13/h2-5,14-15,18H,6-13H2,1H3,(H,20,23);2-5,15-16,19H,6-13H2,1H3,(H,20,23);3-5,16-17,19H,6-13H2,1-2H3;1-4,13-14,16H,5-12H2. The molecule has 92 heavy (non-hydrogen) atoms. The molecule has 4 aliphatic heterocycles. The highest BCUT2D eigenvalue weighted by Gasteiger charge is 2.47. The molecule has 8 aliphatic carbocycles. The summed E-state index contributed by atoms with van der Waals surface area (Å²) in [6, 6.07) is 32.7. The fourth-order valence-electron chi connectivity index (χ4n) is 19.9. The van der Waals surface area contributed by atoms with E-state index in [9.17, 15) is 22.8 Å². The van der Waals surface area contributed by atoms with Crippen LogP contribution in [0.3, 0.4) is 0 Å². The number of halogens is 3. The lowest BCUT2D eigenvalue weighted by molar-refractivity contribution is -0.274. The zero-order valence-electron chi connectivity index (χ0n) is 55.6. The molecule has 17 heteroatoms. The van der Waals surface area contributed by atoms with Crippen LogP contribution in [0.1, 0.15) is 121 Å². The number of carbonyl (C=O) groups is 2. The Bertz CT molecular complexity index is 3100. The van der Waals surface area contributed by atoms with Gasteiger partial charge in [-0.15, -0.1) is 13.2 Å². The highest BCUT2D eigenvalue weighted by Crippen LogP contribution is 2.50. The fourth-order valence-corrected chi connectivity index (χ4v) is 19.9. The number of anilines is 6. The van der Waals surface area contributed by atoms with Crippen LogP contribution in [0.25, 0.3) is 0 Å². The minimum atomic E-state index is -4.65. The molecule has 0 radical (unpaired) electrons. The minimum Gasteiger partial charge on any atom is -0.453 e. The van der Waals surface area contributed by atoms with Crippen LogP contribution < -0.4 is 35.0 Å². The summed E-state index contributed by atoms with van der Waals surface area (Å²) in [6.07, 6.45) is 18.1. The number of carbonyl (C=O) groups excluding carboxylic acids is 2. The lowest BCUT2D eigenvalue weighted by atomic mass is 9.93. The van der Waals surface area contributed by atoms with Gasteiger partial charge in [-0.05, 0) is 192 Å². The third-order valence-electron chi connectivity index (χ3n) is 24.5. The summed E-state index contributed by atoms with van der Waals surface area (Å²) in [5.74, 6) is 7.71. The van der Waals surface area contributed by atoms with Gasteiger partial charge < -0.3 is 34.4 Å². The number of para-hydroxylation sites is 6. The van der Waals surface area contributed by atoms with Gasteiger partial charge in [0.15, 0.2) is 5.75 Å². The van der Waals surface area contributed by atoms with Gasteiger partial charge in [0.1, 0.15) is 0 Å². The highest BCUT2D eigenvalue weighted by atomic mass is 19.4. The molecule has 4 heterocycles. The smallest absolute Gasteiger partial charge is 0.453 e. The number of nitrogens with one attached hydrogen (secondary N) is 2. The number of hydrogen-bond acceptors (Lipinski definition) is 12. The highest BCUT2D eigenvalue weighted by molar-refractivity contribution is 5.93. The van der Waals surface area contributed by atoms with E-state index >= 15 is 0 Å². The number of nitrogens with zero attached hydrogens (tertiary/aromatic N) is 8. The number of fused-ring (bicyclic) bond motifs is 8. The van der Waals surface area contributed by atoms with E-state index in [1.54, 1.807) is 25.1 Å². The van der Waals surface area contributed by atoms with Crippen LogP contribution in [0.2, 0.25) is 0 Å². The van der Waals surface area contributed by atoms with Crippen LogP contribution in [-0.2, 0) is 9.53 Å². The van der Waals surface area contributed by atoms with Crippen LogP contribution in [0.15, 0.2) is 91.0 Å². The summed E-state index contributed by atoms with van der Waals surface area (Å²) in [5.41, 5.74) is 8.91. The van der Waals surface area contributed by atoms with Crippen molar-refractivity contribution in [2.45, 2.75) is 154 Å². The summed E-state index contributed by atoms with van der Waals surface area (Å²) >= 11 is 0. The van der Waals surface area contributed by atoms with Crippen molar-refractivity contribution in [2.24, 2.45) is 47.3 Å². The Morgan fingerprint density at radius 2 is 0.750 bits per heavy atom. The molecule has 12 unspecified atom stereocenters. The molecule has 4 aromatic carbocycles. The summed E-state index contributed by atoms with van der Waals surface area (Å²) in [5, 5.41) is 5.79. The maximum atomic E-state index is 12.6. The number of ether oxygens (including phenoxy) is 2. The van der Waals surface area contributed by atoms with Crippen molar-refractivity contribution >= 4 is 46.1 Å². The molecule has 8 saturated carbocycles. The number of benzene rings is 4. The summed E-state index contributed by atoms with van der Waals surface area (Å²) < 4.78 is 46.7. The number of piperazine rings is 4. The average Bonchev–Trinajstić information content (AvgIpc) is 1.69. The fraction of sp³-hybridized carbons (Fsp3) is 0.653. The quantitative estimate of drug-likeness (QED) is 0.149. The molecule has 4 saturated heterocycles. The molecule has 0 aromatic heterocycles. The van der Waals surface area contributed by atoms with Crippen molar-refractivity contribution in [3.8, 4) is 5.75 Å². The first-order valence-electron chi connectivity index (χ1n) is 35.8. The van der Waals surface area contributed by atoms with Crippen LogP contribution in [0.4, 0.5) is 52.1 Å². The van der Waals surface area contributed by atoms with Crippen molar-refractivity contribution in [2.75, 3.05) is 142 Å². The Labute approximate surface area is 546 Å². The van der Waals surface area contributed by atoms with E-state index in [0.29, 0.717) is 11.7 Å². The van der Waals surface area contributed by atoms with Gasteiger partial charge in [0.2, 0.25) is 5.91 Å². The van der Waals surface area contributed by atoms with Gasteiger partial charge in [-0.1, -0.05) is 74.2 Å². The molecule has 2 N–H and O–H groups in total. The summed E-state index contributed by atoms with van der Waals surface area (Å²) in [4.78, 5) is 43.2. The first-order chi connectivity index (χ1) is 44.7. The molecular formula is C75H105F3N10O4. The lowest BCUT2D eigenvalue weighted by Crippen LogP contribution is -2.51. The molecule has 12 aliphatic rings. The van der Waals surface area contributed by atoms with Crippen molar-refractivity contribution in [1.82, 2.24) is 19.6 Å². The minimum absolute atomic E-state index is 0.00179. The zero-order chi connectivity index (χ0) is 63.5. The molecule has 2 amide bonds. The summed E-state index contributed by atoms with van der Waals surface area (Å²) in [6.45, 7) is 23.1. The first kappa shape index (κ1) is 64.9. The molecular weight excluding hydrogens is 1160 g/mol. The van der Waals surface area contributed by atoms with E-state index < -0.39 is 12.5 Å². The van der Waals surface area contributed by atoms with Crippen molar-refractivity contribution in [3.63, 3.8) is 0 Å². The Kier molecular flexibility index (Phi) is 20.5. The molecule has 0 spiro atoms. The Morgan fingerprint density at radius 3 is 1.10 bits per heavy atom. The monoisotopic (exact) mass is 1270 g/mol. The van der Waals surface area contributed by atoms with E-state index in [0.717, 1.165) is 167 Å². The molecule has 12 atom stereocenters. The van der Waals surface area contributed by atoms with E-state index in [2.05, 4.69) is 99.9 Å². The van der Waals surface area contributed by atoms with E-state index in [4.69, 9.17) is 4.74 Å². The molecule has 12 fully saturated rings. The second-order valence-electron chi connectivity index (χ2n) is 29.6. The molecule has 14 nitrogen and oxygen atoms in total. The number of rotatable bonds is 11. The van der Waals surface area contributed by atoms with Gasteiger partial charge in [0, 0.05) is 141 Å². The number of hydrogen-bond donors (Lipinski definition) is 2. The normalized spacial score (nSPS) is 30.9. The molecule has 8 bridgehead atoms. The zero-order valence-corrected chi connectivity index (χ0v) is 55.6. The Morgan fingerprint density at radius 1 is 0.413 bits per heavy atom. The van der Waals surface area contributed by atoms with Crippen LogP contribution in [-0.4, -0.2) is 174 Å². The Hall–Kier alpha value is -5.75. The number of aryl methyl sites for hydroxylation is 1. The predicted octanol–water partition coefficient (Wildman–Crippen LogP) is 13.6. The van der Waals surface area contributed by atoms with Crippen molar-refractivity contribution < 1.29 is 32.2 Å².